The Kier molecular flexibility index (Phi) is 14.0. The van der Waals surface area contributed by atoms with Crippen LogP contribution in [0, 0.1) is 0 Å². The number of hydrogen-bond acceptors (Lipinski definition) is 6. The van der Waals surface area contributed by atoms with Gasteiger partial charge in [0.1, 0.15) is 6.04 Å². The smallest absolute Gasteiger partial charge is 0.242 e. The lowest BCUT2D eigenvalue weighted by atomic mass is 10.1. The molecule has 1 heterocycles. The Bertz CT molecular complexity index is 1370. The largest absolute Gasteiger partial charge is 0.375 e. The van der Waals surface area contributed by atoms with Gasteiger partial charge in [-0.3, -0.25) is 14.8 Å². The molecule has 8 nitrogen and oxygen atoms in total. The molecule has 41 heavy (non-hydrogen) atoms. The fraction of sp³-hybridized carbons (Fsp3) is 0.321. The lowest BCUT2D eigenvalue weighted by molar-refractivity contribution is -0.135. The van der Waals surface area contributed by atoms with Gasteiger partial charge in [-0.15, -0.1) is 24.8 Å². The van der Waals surface area contributed by atoms with Gasteiger partial charge in [-0.05, 0) is 35.4 Å². The van der Waals surface area contributed by atoms with Gasteiger partial charge in [-0.25, -0.2) is 8.42 Å². The van der Waals surface area contributed by atoms with Gasteiger partial charge in [0.2, 0.25) is 15.9 Å². The van der Waals surface area contributed by atoms with E-state index in [1.807, 2.05) is 53.4 Å². The molecule has 1 aliphatic rings. The maximum absolute atomic E-state index is 13.6. The van der Waals surface area contributed by atoms with E-state index in [9.17, 15) is 13.2 Å². The number of ether oxygens (including phenoxy) is 1. The normalized spacial score (nSPS) is 14.0. The standard InChI is InChI=1S/C28H32Cl2N4O4S.2ClH/c1-39(36,37)32-25-9-5-6-10-27(25)33-13-15-34(16-14-33)28(35)26(31-18-21-7-3-2-4-8-21)20-38-19-22-11-12-23(29)24(30)17-22;;/h2-12,17,26,31-32H,13-16,18-20H2,1H3;2*1H/t26-;;/m0../s1. The van der Waals surface area contributed by atoms with Crippen LogP contribution in [0.4, 0.5) is 11.4 Å². The van der Waals surface area contributed by atoms with Crippen molar-refractivity contribution in [1.82, 2.24) is 10.2 Å². The molecule has 4 rings (SSSR count). The van der Waals surface area contributed by atoms with E-state index in [2.05, 4.69) is 14.9 Å². The van der Waals surface area contributed by atoms with Gasteiger partial charge in [0.15, 0.2) is 0 Å². The van der Waals surface area contributed by atoms with E-state index in [0.29, 0.717) is 55.1 Å². The van der Waals surface area contributed by atoms with Crippen LogP contribution in [0.1, 0.15) is 11.1 Å². The zero-order chi connectivity index (χ0) is 27.8. The minimum Gasteiger partial charge on any atom is -0.375 e. The van der Waals surface area contributed by atoms with Crippen LogP contribution in [0.3, 0.4) is 0 Å². The fourth-order valence-electron chi connectivity index (χ4n) is 4.40. The molecule has 1 saturated heterocycles. The first kappa shape index (κ1) is 35.0. The van der Waals surface area contributed by atoms with E-state index in [1.54, 1.807) is 24.3 Å². The van der Waals surface area contributed by atoms with E-state index < -0.39 is 16.1 Å². The van der Waals surface area contributed by atoms with Crippen LogP contribution < -0.4 is 14.9 Å². The lowest BCUT2D eigenvalue weighted by Crippen LogP contribution is -2.55. The van der Waals surface area contributed by atoms with Gasteiger partial charge >= 0.3 is 0 Å². The SMILES string of the molecule is CS(=O)(=O)Nc1ccccc1N1CCN(C(=O)[C@H](COCc2ccc(Cl)c(Cl)c2)NCc2ccccc2)CC1.Cl.Cl. The van der Waals surface area contributed by atoms with E-state index >= 15 is 0 Å². The zero-order valence-corrected chi connectivity index (χ0v) is 26.4. The summed E-state index contributed by atoms with van der Waals surface area (Å²) in [7, 11) is -3.41. The van der Waals surface area contributed by atoms with Crippen molar-refractivity contribution in [2.24, 2.45) is 0 Å². The van der Waals surface area contributed by atoms with Crippen molar-refractivity contribution in [3.63, 3.8) is 0 Å². The van der Waals surface area contributed by atoms with E-state index in [1.165, 1.54) is 0 Å². The first-order chi connectivity index (χ1) is 18.7. The minimum absolute atomic E-state index is 0. The number of hydrogen-bond donors (Lipinski definition) is 2. The maximum atomic E-state index is 13.6. The van der Waals surface area contributed by atoms with Crippen LogP contribution in [0.25, 0.3) is 0 Å². The summed E-state index contributed by atoms with van der Waals surface area (Å²) in [6.45, 7) is 3.16. The molecule has 0 aliphatic carbocycles. The quantitative estimate of drug-likeness (QED) is 0.292. The van der Waals surface area contributed by atoms with E-state index in [-0.39, 0.29) is 37.3 Å². The molecule has 13 heteroatoms. The zero-order valence-electron chi connectivity index (χ0n) is 22.5. The van der Waals surface area contributed by atoms with Crippen molar-refractivity contribution >= 4 is 75.3 Å². The molecule has 1 atom stereocenters. The average molecular weight is 664 g/mol. The number of amides is 1. The van der Waals surface area contributed by atoms with Gasteiger partial charge < -0.3 is 14.5 Å². The van der Waals surface area contributed by atoms with Crippen molar-refractivity contribution in [2.75, 3.05) is 48.7 Å². The number of rotatable bonds is 11. The van der Waals surface area contributed by atoms with Gasteiger partial charge in [0, 0.05) is 32.7 Å². The van der Waals surface area contributed by atoms with Gasteiger partial charge in [-0.2, -0.15) is 0 Å². The Morgan fingerprint density at radius 3 is 2.22 bits per heavy atom. The number of carbonyl (C=O) groups is 1. The number of para-hydroxylation sites is 2. The first-order valence-corrected chi connectivity index (χ1v) is 15.2. The summed E-state index contributed by atoms with van der Waals surface area (Å²) in [5, 5.41) is 4.30. The van der Waals surface area contributed by atoms with Crippen molar-refractivity contribution in [3.8, 4) is 0 Å². The maximum Gasteiger partial charge on any atom is 0.242 e. The van der Waals surface area contributed by atoms with Crippen molar-refractivity contribution in [3.05, 3.63) is 94.0 Å². The summed E-state index contributed by atoms with van der Waals surface area (Å²) in [6.07, 6.45) is 1.13. The molecule has 1 fully saturated rings. The fourth-order valence-corrected chi connectivity index (χ4v) is 5.29. The number of carbonyl (C=O) groups excluding carboxylic acids is 1. The molecule has 224 valence electrons. The second-order valence-electron chi connectivity index (χ2n) is 9.39. The summed E-state index contributed by atoms with van der Waals surface area (Å²) < 4.78 is 32.1. The highest BCUT2D eigenvalue weighted by atomic mass is 35.5. The second kappa shape index (κ2) is 16.4. The molecule has 2 N–H and O–H groups in total. The molecule has 0 bridgehead atoms. The predicted molar refractivity (Wildman–Crippen MR) is 171 cm³/mol. The number of halogens is 4. The Morgan fingerprint density at radius 1 is 0.902 bits per heavy atom. The number of benzene rings is 3. The molecular formula is C28H34Cl4N4O4S. The highest BCUT2D eigenvalue weighted by Gasteiger charge is 2.28. The van der Waals surface area contributed by atoms with Crippen LogP contribution in [-0.4, -0.2) is 64.3 Å². The number of sulfonamides is 1. The molecule has 3 aromatic rings. The molecule has 1 amide bonds. The molecule has 3 aromatic carbocycles. The van der Waals surface area contributed by atoms with Crippen LogP contribution >= 0.6 is 48.0 Å². The monoisotopic (exact) mass is 662 g/mol. The Morgan fingerprint density at radius 2 is 1.56 bits per heavy atom. The van der Waals surface area contributed by atoms with Crippen LogP contribution in [0.5, 0.6) is 0 Å². The third-order valence-electron chi connectivity index (χ3n) is 6.36. The molecule has 0 aromatic heterocycles. The van der Waals surface area contributed by atoms with E-state index in [4.69, 9.17) is 27.9 Å². The number of piperazine rings is 1. The lowest BCUT2D eigenvalue weighted by Gasteiger charge is -2.38. The highest BCUT2D eigenvalue weighted by molar-refractivity contribution is 7.92. The number of nitrogens with zero attached hydrogens (tertiary/aromatic N) is 2. The molecule has 0 saturated carbocycles. The van der Waals surface area contributed by atoms with Gasteiger partial charge in [0.25, 0.3) is 0 Å². The molecule has 0 unspecified atom stereocenters. The van der Waals surface area contributed by atoms with Gasteiger partial charge in [0.05, 0.1) is 40.9 Å². The average Bonchev–Trinajstić information content (AvgIpc) is 2.92. The Balaban J connectivity index is 0.00000294. The molecule has 0 spiro atoms. The first-order valence-electron chi connectivity index (χ1n) is 12.6. The van der Waals surface area contributed by atoms with Crippen LogP contribution in [-0.2, 0) is 32.7 Å². The van der Waals surface area contributed by atoms with E-state index in [0.717, 1.165) is 23.1 Å². The minimum atomic E-state index is -3.41. The molecule has 0 radical (unpaired) electrons. The summed E-state index contributed by atoms with van der Waals surface area (Å²) in [6, 6.07) is 22.0. The predicted octanol–water partition coefficient (Wildman–Crippen LogP) is 5.23. The van der Waals surface area contributed by atoms with Crippen molar-refractivity contribution in [1.29, 1.82) is 0 Å². The van der Waals surface area contributed by atoms with Gasteiger partial charge in [-0.1, -0.05) is 71.7 Å². The van der Waals surface area contributed by atoms with Crippen molar-refractivity contribution < 1.29 is 17.9 Å². The third kappa shape index (κ3) is 10.5. The second-order valence-corrected chi connectivity index (χ2v) is 11.9. The summed E-state index contributed by atoms with van der Waals surface area (Å²) in [5.74, 6) is -0.0396. The Hall–Kier alpha value is -2.24. The highest BCUT2D eigenvalue weighted by Crippen LogP contribution is 2.27. The topological polar surface area (TPSA) is 91.0 Å². The van der Waals surface area contributed by atoms with Crippen LogP contribution in [0.15, 0.2) is 72.8 Å². The van der Waals surface area contributed by atoms with Crippen LogP contribution in [0.2, 0.25) is 10.0 Å². The summed E-state index contributed by atoms with van der Waals surface area (Å²) in [5.41, 5.74) is 3.25. The number of nitrogens with one attached hydrogen (secondary N) is 2. The Labute approximate surface area is 264 Å². The summed E-state index contributed by atoms with van der Waals surface area (Å²) >= 11 is 12.1. The molecule has 1 aliphatic heterocycles. The van der Waals surface area contributed by atoms with Crippen molar-refractivity contribution in [2.45, 2.75) is 19.2 Å². The number of anilines is 2. The third-order valence-corrected chi connectivity index (χ3v) is 7.69. The molecular weight excluding hydrogens is 630 g/mol. The summed E-state index contributed by atoms with van der Waals surface area (Å²) in [4.78, 5) is 17.5.